The predicted molar refractivity (Wildman–Crippen MR) is 210 cm³/mol. The highest BCUT2D eigenvalue weighted by atomic mass is 32.2. The first-order chi connectivity index (χ1) is 25.4. The van der Waals surface area contributed by atoms with Crippen LogP contribution in [0.4, 0.5) is 11.4 Å². The Morgan fingerprint density at radius 3 is 2.08 bits per heavy atom. The van der Waals surface area contributed by atoms with Crippen LogP contribution in [0.25, 0.3) is 6.08 Å². The van der Waals surface area contributed by atoms with E-state index in [4.69, 9.17) is 9.47 Å². The van der Waals surface area contributed by atoms with E-state index in [1.165, 1.54) is 11.8 Å². The summed E-state index contributed by atoms with van der Waals surface area (Å²) in [6.45, 7) is 5.17. The van der Waals surface area contributed by atoms with Gasteiger partial charge in [-0.1, -0.05) is 87.0 Å². The Hall–Kier alpha value is -5.80. The molecule has 0 aliphatic rings. The number of hydrogen-bond acceptors (Lipinski definition) is 6. The molecular formula is C43H43N3O5S. The number of rotatable bonds is 17. The van der Waals surface area contributed by atoms with Crippen LogP contribution < -0.4 is 25.4 Å². The molecule has 52 heavy (non-hydrogen) atoms. The third-order valence-electron chi connectivity index (χ3n) is 7.89. The highest BCUT2D eigenvalue weighted by Crippen LogP contribution is 2.29. The summed E-state index contributed by atoms with van der Waals surface area (Å²) >= 11 is 1.41. The van der Waals surface area contributed by atoms with Gasteiger partial charge in [-0.3, -0.25) is 14.4 Å². The van der Waals surface area contributed by atoms with E-state index in [9.17, 15) is 14.4 Å². The second kappa shape index (κ2) is 19.6. The van der Waals surface area contributed by atoms with Crippen molar-refractivity contribution in [1.29, 1.82) is 0 Å². The molecule has 5 aromatic carbocycles. The van der Waals surface area contributed by atoms with E-state index in [1.54, 1.807) is 36.4 Å². The molecule has 9 heteroatoms. The number of ether oxygens (including phenoxy) is 2. The fraction of sp³-hybridized carbons (Fsp3) is 0.186. The Morgan fingerprint density at radius 2 is 1.38 bits per heavy atom. The summed E-state index contributed by atoms with van der Waals surface area (Å²) in [5, 5.41) is 8.34. The Kier molecular flexibility index (Phi) is 14.1. The van der Waals surface area contributed by atoms with Gasteiger partial charge in [0.2, 0.25) is 5.91 Å². The Labute approximate surface area is 309 Å². The number of anilines is 2. The zero-order valence-corrected chi connectivity index (χ0v) is 30.2. The van der Waals surface area contributed by atoms with Crippen molar-refractivity contribution in [3.8, 4) is 11.5 Å². The molecule has 8 nitrogen and oxygen atoms in total. The number of amides is 3. The lowest BCUT2D eigenvalue weighted by Gasteiger charge is -2.16. The number of unbranched alkanes of at least 4 members (excludes halogenated alkanes) is 1. The average molecular weight is 714 g/mol. The fourth-order valence-electron chi connectivity index (χ4n) is 5.03. The molecule has 1 atom stereocenters. The number of carbonyl (C=O) groups excluding carboxylic acids is 3. The molecule has 0 saturated heterocycles. The van der Waals surface area contributed by atoms with Crippen LogP contribution in [0.15, 0.2) is 144 Å². The van der Waals surface area contributed by atoms with Gasteiger partial charge in [-0.25, -0.2) is 0 Å². The van der Waals surface area contributed by atoms with Crippen LogP contribution >= 0.6 is 11.8 Å². The topological polar surface area (TPSA) is 106 Å². The maximum Gasteiger partial charge on any atom is 0.272 e. The Bertz CT molecular complexity index is 1930. The molecule has 0 fully saturated rings. The lowest BCUT2D eigenvalue weighted by atomic mass is 10.1. The normalized spacial score (nSPS) is 11.6. The van der Waals surface area contributed by atoms with Gasteiger partial charge in [-0.2, -0.15) is 0 Å². The van der Waals surface area contributed by atoms with Gasteiger partial charge in [0.25, 0.3) is 11.8 Å². The third kappa shape index (κ3) is 11.6. The van der Waals surface area contributed by atoms with Gasteiger partial charge in [0.05, 0.1) is 11.9 Å². The molecule has 3 amide bonds. The van der Waals surface area contributed by atoms with E-state index >= 15 is 0 Å². The molecule has 3 N–H and O–H groups in total. The monoisotopic (exact) mass is 713 g/mol. The number of nitrogens with one attached hydrogen (secondary N) is 3. The first-order valence-corrected chi connectivity index (χ1v) is 18.2. The predicted octanol–water partition coefficient (Wildman–Crippen LogP) is 9.36. The highest BCUT2D eigenvalue weighted by molar-refractivity contribution is 8.00. The summed E-state index contributed by atoms with van der Waals surface area (Å²) in [4.78, 5) is 40.9. The molecule has 5 rings (SSSR count). The molecule has 0 aliphatic heterocycles. The molecule has 266 valence electrons. The van der Waals surface area contributed by atoms with Gasteiger partial charge in [-0.15, -0.1) is 11.8 Å². The summed E-state index contributed by atoms with van der Waals surface area (Å²) in [6.07, 6.45) is 4.27. The van der Waals surface area contributed by atoms with Crippen molar-refractivity contribution in [2.45, 2.75) is 49.9 Å². The molecule has 0 bridgehead atoms. The summed E-state index contributed by atoms with van der Waals surface area (Å²) < 4.78 is 11.6. The minimum absolute atomic E-state index is 0.0671. The molecular weight excluding hydrogens is 671 g/mol. The second-order valence-corrected chi connectivity index (χ2v) is 13.2. The van der Waals surface area contributed by atoms with Crippen LogP contribution in [0.5, 0.6) is 11.5 Å². The zero-order chi connectivity index (χ0) is 36.5. The van der Waals surface area contributed by atoms with Gasteiger partial charge in [0.15, 0.2) is 0 Å². The Balaban J connectivity index is 1.25. The van der Waals surface area contributed by atoms with Crippen LogP contribution in [-0.4, -0.2) is 29.6 Å². The SMILES string of the molecule is CCCCOc1ccc(NC(=O)C(CC)Sc2cccc(NC(=O)/C(=C/c3ccc(OCc4ccccc4)cc3)NC(=O)c3ccccc3)c2)cc1. The van der Waals surface area contributed by atoms with Crippen LogP contribution in [0.2, 0.25) is 0 Å². The van der Waals surface area contributed by atoms with E-state index < -0.39 is 11.8 Å². The van der Waals surface area contributed by atoms with Gasteiger partial charge in [0, 0.05) is 21.8 Å². The first-order valence-electron chi connectivity index (χ1n) is 17.4. The number of carbonyl (C=O) groups is 3. The van der Waals surface area contributed by atoms with E-state index in [0.29, 0.717) is 47.9 Å². The number of thioether (sulfide) groups is 1. The lowest BCUT2D eigenvalue weighted by Crippen LogP contribution is -2.30. The van der Waals surface area contributed by atoms with Gasteiger partial charge in [0.1, 0.15) is 23.8 Å². The lowest BCUT2D eigenvalue weighted by molar-refractivity contribution is -0.116. The summed E-state index contributed by atoms with van der Waals surface area (Å²) in [7, 11) is 0. The van der Waals surface area contributed by atoms with Crippen molar-refractivity contribution in [2.24, 2.45) is 0 Å². The summed E-state index contributed by atoms with van der Waals surface area (Å²) in [6, 6.07) is 40.6. The van der Waals surface area contributed by atoms with Crippen molar-refractivity contribution in [2.75, 3.05) is 17.2 Å². The van der Waals surface area contributed by atoms with Crippen LogP contribution in [0, 0.1) is 0 Å². The fourth-order valence-corrected chi connectivity index (χ4v) is 6.05. The quantitative estimate of drug-likeness (QED) is 0.0504. The molecule has 0 aromatic heterocycles. The van der Waals surface area contributed by atoms with E-state index in [0.717, 1.165) is 29.1 Å². The van der Waals surface area contributed by atoms with Crippen molar-refractivity contribution >= 4 is 46.9 Å². The minimum atomic E-state index is -0.497. The smallest absolute Gasteiger partial charge is 0.272 e. The maximum atomic E-state index is 13.7. The van der Waals surface area contributed by atoms with Crippen LogP contribution in [0.1, 0.15) is 54.6 Å². The van der Waals surface area contributed by atoms with Crippen molar-refractivity contribution in [3.05, 3.63) is 156 Å². The van der Waals surface area contributed by atoms with Gasteiger partial charge >= 0.3 is 0 Å². The molecule has 0 radical (unpaired) electrons. The minimum Gasteiger partial charge on any atom is -0.494 e. The van der Waals surface area contributed by atoms with Crippen LogP contribution in [0.3, 0.4) is 0 Å². The largest absolute Gasteiger partial charge is 0.494 e. The Morgan fingerprint density at radius 1 is 0.712 bits per heavy atom. The number of hydrogen-bond donors (Lipinski definition) is 3. The summed E-state index contributed by atoms with van der Waals surface area (Å²) in [5.74, 6) is 0.421. The maximum absolute atomic E-state index is 13.7. The molecule has 0 saturated carbocycles. The van der Waals surface area contributed by atoms with Crippen molar-refractivity contribution in [1.82, 2.24) is 5.32 Å². The van der Waals surface area contributed by atoms with Gasteiger partial charge in [-0.05, 0) is 96.8 Å². The molecule has 0 aliphatic carbocycles. The van der Waals surface area contributed by atoms with Crippen LogP contribution in [-0.2, 0) is 16.2 Å². The summed E-state index contributed by atoms with van der Waals surface area (Å²) in [5.41, 5.74) is 3.46. The highest BCUT2D eigenvalue weighted by Gasteiger charge is 2.20. The second-order valence-electron chi connectivity index (χ2n) is 11.9. The van der Waals surface area contributed by atoms with E-state index in [-0.39, 0.29) is 16.9 Å². The number of benzene rings is 5. The van der Waals surface area contributed by atoms with Crippen molar-refractivity contribution in [3.63, 3.8) is 0 Å². The molecule has 0 spiro atoms. The standard InChI is InChI=1S/C43H43N3O5S/c1-3-5-27-50-36-25-21-34(22-26-36)44-43(49)40(4-2)52-38-18-12-17-35(29-38)45-42(48)39(46-41(47)33-15-10-7-11-16-33)28-31-19-23-37(24-20-31)51-30-32-13-8-6-9-14-32/h6-26,28-29,40H,3-5,27,30H2,1-2H3,(H,44,49)(H,45,48)(H,46,47)/b39-28-. The van der Waals surface area contributed by atoms with Gasteiger partial charge < -0.3 is 25.4 Å². The van der Waals surface area contributed by atoms with E-state index in [2.05, 4.69) is 22.9 Å². The zero-order valence-electron chi connectivity index (χ0n) is 29.3. The third-order valence-corrected chi connectivity index (χ3v) is 9.25. The first kappa shape index (κ1) is 37.5. The molecule has 1 unspecified atom stereocenters. The average Bonchev–Trinajstić information content (AvgIpc) is 3.18. The molecule has 0 heterocycles. The molecule has 5 aromatic rings. The van der Waals surface area contributed by atoms with Crippen molar-refractivity contribution < 1.29 is 23.9 Å². The van der Waals surface area contributed by atoms with E-state index in [1.807, 2.05) is 110 Å².